The molecule has 5 nitrogen and oxygen atoms in total. The molecule has 166 valence electrons. The highest BCUT2D eigenvalue weighted by Gasteiger charge is 2.31. The quantitative estimate of drug-likeness (QED) is 0.326. The van der Waals surface area contributed by atoms with Gasteiger partial charge < -0.3 is 15.4 Å². The molecule has 0 atom stereocenters. The van der Waals surface area contributed by atoms with Crippen LogP contribution >= 0.6 is 11.9 Å². The van der Waals surface area contributed by atoms with Crippen molar-refractivity contribution >= 4 is 34.2 Å². The lowest BCUT2D eigenvalue weighted by Gasteiger charge is -2.12. The monoisotopic (exact) mass is 462 g/mol. The molecule has 0 bridgehead atoms. The predicted octanol–water partition coefficient (Wildman–Crippen LogP) is 6.09. The average Bonchev–Trinajstić information content (AvgIpc) is 3.07. The Hall–Kier alpha value is -3.24. The third-order valence-corrected chi connectivity index (χ3v) is 5.46. The number of anilines is 2. The summed E-state index contributed by atoms with van der Waals surface area (Å²) in [5.74, 6) is -1.47. The fourth-order valence-corrected chi connectivity index (χ4v) is 4.12. The van der Waals surface area contributed by atoms with Crippen LogP contribution in [0.25, 0.3) is 10.9 Å². The molecule has 0 aliphatic rings. The van der Waals surface area contributed by atoms with Gasteiger partial charge in [-0.2, -0.15) is 0 Å². The highest BCUT2D eigenvalue weighted by Crippen LogP contribution is 2.33. The van der Waals surface area contributed by atoms with E-state index in [0.29, 0.717) is 18.3 Å². The molecular weight excluding hydrogens is 444 g/mol. The number of rotatable bonds is 7. The molecule has 0 radical (unpaired) electrons. The fraction of sp³-hybridized carbons (Fsp3) is 0.136. The molecule has 4 rings (SSSR count). The molecule has 32 heavy (non-hydrogen) atoms. The number of fused-ring (bicyclic) bond motifs is 1. The number of pyridine rings is 1. The number of hydrogen-bond acceptors (Lipinski definition) is 5. The van der Waals surface area contributed by atoms with Crippen LogP contribution in [0.2, 0.25) is 0 Å². The van der Waals surface area contributed by atoms with Crippen molar-refractivity contribution in [1.29, 1.82) is 0 Å². The molecule has 2 N–H and O–H groups in total. The Balaban J connectivity index is 1.64. The van der Waals surface area contributed by atoms with Crippen LogP contribution in [0, 0.1) is 5.82 Å². The minimum Gasteiger partial charge on any atom is -0.406 e. The molecule has 0 fully saturated rings. The average molecular weight is 462 g/mol. The van der Waals surface area contributed by atoms with Crippen LogP contribution in [0.15, 0.2) is 72.0 Å². The van der Waals surface area contributed by atoms with Crippen LogP contribution in [-0.2, 0) is 6.54 Å². The van der Waals surface area contributed by atoms with Crippen molar-refractivity contribution in [3.63, 3.8) is 0 Å². The van der Waals surface area contributed by atoms with Gasteiger partial charge in [0.25, 0.3) is 0 Å². The van der Waals surface area contributed by atoms with E-state index in [-0.39, 0.29) is 5.69 Å². The van der Waals surface area contributed by atoms with Gasteiger partial charge >= 0.3 is 6.36 Å². The van der Waals surface area contributed by atoms with Gasteiger partial charge in [0.15, 0.2) is 0 Å². The maximum absolute atomic E-state index is 14.4. The normalized spacial score (nSPS) is 11.7. The lowest BCUT2D eigenvalue weighted by molar-refractivity contribution is -0.274. The Labute approximate surface area is 185 Å². The van der Waals surface area contributed by atoms with Gasteiger partial charge in [-0.25, -0.2) is 4.39 Å². The summed E-state index contributed by atoms with van der Waals surface area (Å²) < 4.78 is 57.2. The first-order valence-electron chi connectivity index (χ1n) is 9.51. The largest absolute Gasteiger partial charge is 0.573 e. The topological polar surface area (TPSA) is 51.1 Å². The Morgan fingerprint density at radius 2 is 1.97 bits per heavy atom. The van der Waals surface area contributed by atoms with Gasteiger partial charge in [0.2, 0.25) is 0 Å². The summed E-state index contributed by atoms with van der Waals surface area (Å²) in [4.78, 5) is 5.08. The first-order valence-corrected chi connectivity index (χ1v) is 10.3. The zero-order valence-corrected chi connectivity index (χ0v) is 17.6. The number of nitrogens with zero attached hydrogens (tertiary/aromatic N) is 2. The van der Waals surface area contributed by atoms with Gasteiger partial charge in [-0.05, 0) is 61.0 Å². The summed E-state index contributed by atoms with van der Waals surface area (Å²) in [5.41, 5.74) is 2.60. The first kappa shape index (κ1) is 22.0. The van der Waals surface area contributed by atoms with E-state index in [1.54, 1.807) is 18.5 Å². The molecule has 0 aliphatic carbocycles. The Morgan fingerprint density at radius 3 is 2.66 bits per heavy atom. The van der Waals surface area contributed by atoms with E-state index in [4.69, 9.17) is 0 Å². The molecule has 0 saturated heterocycles. The first-order chi connectivity index (χ1) is 15.3. The SMILES string of the molecule is CNCc1cn(Sc2cccnc2)c2cc(Nc3ccc(OC(F)(F)F)cc3F)ccc12. The van der Waals surface area contributed by atoms with Crippen LogP contribution in [0.4, 0.5) is 28.9 Å². The van der Waals surface area contributed by atoms with Crippen molar-refractivity contribution in [2.24, 2.45) is 0 Å². The minimum atomic E-state index is -4.88. The van der Waals surface area contributed by atoms with E-state index in [0.717, 1.165) is 27.4 Å². The van der Waals surface area contributed by atoms with Crippen molar-refractivity contribution in [2.45, 2.75) is 17.8 Å². The Kier molecular flexibility index (Phi) is 6.24. The van der Waals surface area contributed by atoms with Crippen LogP contribution < -0.4 is 15.4 Å². The van der Waals surface area contributed by atoms with Gasteiger partial charge in [-0.1, -0.05) is 6.07 Å². The third kappa shape index (κ3) is 5.14. The molecule has 0 aliphatic heterocycles. The summed E-state index contributed by atoms with van der Waals surface area (Å²) in [6.07, 6.45) is 0.601. The van der Waals surface area contributed by atoms with Gasteiger partial charge in [-0.15, -0.1) is 13.2 Å². The second-order valence-electron chi connectivity index (χ2n) is 6.84. The van der Waals surface area contributed by atoms with Gasteiger partial charge in [0.1, 0.15) is 11.6 Å². The van der Waals surface area contributed by atoms with Crippen molar-refractivity contribution in [3.05, 3.63) is 78.5 Å². The standard InChI is InChI=1S/C22H18F4N4OS/c1-27-11-14-13-30(32-17-3-2-8-28-12-17)21-9-15(4-6-18(14)21)29-20-7-5-16(10-19(20)23)31-22(24,25)26/h2-10,12-13,27,29H,11H2,1H3. The summed E-state index contributed by atoms with van der Waals surface area (Å²) in [6, 6.07) is 12.3. The lowest BCUT2D eigenvalue weighted by atomic mass is 10.1. The van der Waals surface area contributed by atoms with Crippen molar-refractivity contribution in [2.75, 3.05) is 12.4 Å². The van der Waals surface area contributed by atoms with Crippen LogP contribution in [0.1, 0.15) is 5.56 Å². The minimum absolute atomic E-state index is 0.0346. The molecular formula is C22H18F4N4OS. The molecule has 0 unspecified atom stereocenters. The molecule has 0 spiro atoms. The van der Waals surface area contributed by atoms with Gasteiger partial charge in [0.05, 0.1) is 11.2 Å². The Morgan fingerprint density at radius 1 is 1.12 bits per heavy atom. The zero-order chi connectivity index (χ0) is 22.7. The number of hydrogen-bond donors (Lipinski definition) is 2. The summed E-state index contributed by atoms with van der Waals surface area (Å²) >= 11 is 1.49. The van der Waals surface area contributed by atoms with Crippen LogP contribution in [-0.4, -0.2) is 22.4 Å². The third-order valence-electron chi connectivity index (χ3n) is 4.51. The molecule has 4 aromatic rings. The van der Waals surface area contributed by atoms with Crippen molar-refractivity contribution < 1.29 is 22.3 Å². The number of aromatic nitrogens is 2. The van der Waals surface area contributed by atoms with Crippen LogP contribution in [0.5, 0.6) is 5.75 Å². The van der Waals surface area contributed by atoms with Crippen LogP contribution in [0.3, 0.4) is 0 Å². The van der Waals surface area contributed by atoms with E-state index < -0.39 is 17.9 Å². The molecule has 0 saturated carbocycles. The van der Waals surface area contributed by atoms with Crippen molar-refractivity contribution in [1.82, 2.24) is 14.3 Å². The second-order valence-corrected chi connectivity index (χ2v) is 7.88. The summed E-state index contributed by atoms with van der Waals surface area (Å²) in [6.45, 7) is 0.666. The number of nitrogens with one attached hydrogen (secondary N) is 2. The number of benzene rings is 2. The highest BCUT2D eigenvalue weighted by atomic mass is 32.2. The molecule has 2 heterocycles. The van der Waals surface area contributed by atoms with E-state index in [1.807, 2.05) is 41.5 Å². The number of ether oxygens (including phenoxy) is 1. The molecule has 0 amide bonds. The zero-order valence-electron chi connectivity index (χ0n) is 16.8. The van der Waals surface area contributed by atoms with E-state index >= 15 is 0 Å². The van der Waals surface area contributed by atoms with E-state index in [1.165, 1.54) is 18.0 Å². The van der Waals surface area contributed by atoms with E-state index in [9.17, 15) is 17.6 Å². The molecule has 2 aromatic heterocycles. The maximum atomic E-state index is 14.4. The van der Waals surface area contributed by atoms with E-state index in [2.05, 4.69) is 20.4 Å². The summed E-state index contributed by atoms with van der Waals surface area (Å²) in [7, 11) is 1.86. The molecule has 2 aromatic carbocycles. The summed E-state index contributed by atoms with van der Waals surface area (Å²) in [5, 5.41) is 7.09. The number of alkyl halides is 3. The molecule has 10 heteroatoms. The smallest absolute Gasteiger partial charge is 0.406 e. The highest BCUT2D eigenvalue weighted by molar-refractivity contribution is 7.98. The lowest BCUT2D eigenvalue weighted by Crippen LogP contribution is -2.17. The maximum Gasteiger partial charge on any atom is 0.573 e. The fourth-order valence-electron chi connectivity index (χ4n) is 3.22. The van der Waals surface area contributed by atoms with Gasteiger partial charge in [-0.3, -0.25) is 8.96 Å². The Bertz CT molecular complexity index is 1230. The second kappa shape index (κ2) is 9.09. The van der Waals surface area contributed by atoms with Crippen molar-refractivity contribution in [3.8, 4) is 5.75 Å². The van der Waals surface area contributed by atoms with Gasteiger partial charge in [0, 0.05) is 47.2 Å². The predicted molar refractivity (Wildman–Crippen MR) is 117 cm³/mol. The number of halogens is 4.